The van der Waals surface area contributed by atoms with Crippen LogP contribution >= 0.6 is 23.4 Å². The third-order valence-corrected chi connectivity index (χ3v) is 4.89. The highest BCUT2D eigenvalue weighted by molar-refractivity contribution is 7.99. The molecule has 0 spiro atoms. The highest BCUT2D eigenvalue weighted by Gasteiger charge is 2.34. The molecule has 0 aliphatic heterocycles. The van der Waals surface area contributed by atoms with Crippen LogP contribution in [0.15, 0.2) is 60.0 Å². The Morgan fingerprint density at radius 3 is 2.68 bits per heavy atom. The molecule has 0 saturated carbocycles. The molecule has 0 aliphatic carbocycles. The minimum absolute atomic E-state index is 0.213. The zero-order valence-electron chi connectivity index (χ0n) is 14.0. The van der Waals surface area contributed by atoms with Crippen molar-refractivity contribution in [2.24, 2.45) is 0 Å². The minimum atomic E-state index is -4.66. The van der Waals surface area contributed by atoms with E-state index in [4.69, 9.17) is 11.6 Å². The summed E-state index contributed by atoms with van der Waals surface area (Å²) in [5.74, 6) is -1.33. The zero-order valence-corrected chi connectivity index (χ0v) is 15.6. The molecule has 0 unspecified atom stereocenters. The van der Waals surface area contributed by atoms with Gasteiger partial charge >= 0.3 is 6.18 Å². The van der Waals surface area contributed by atoms with Crippen LogP contribution < -0.4 is 5.32 Å². The maximum absolute atomic E-state index is 13.4. The first-order valence-electron chi connectivity index (χ1n) is 7.83. The Morgan fingerprint density at radius 2 is 1.96 bits per heavy atom. The van der Waals surface area contributed by atoms with Crippen LogP contribution in [-0.4, -0.2) is 21.2 Å². The van der Waals surface area contributed by atoms with E-state index in [1.165, 1.54) is 30.5 Å². The number of hydrogen-bond donors (Lipinski definition) is 1. The number of hydrogen-bond acceptors (Lipinski definition) is 3. The number of rotatable bonds is 5. The summed E-state index contributed by atoms with van der Waals surface area (Å²) in [6.07, 6.45) is -1.60. The van der Waals surface area contributed by atoms with E-state index in [0.717, 1.165) is 23.9 Å². The highest BCUT2D eigenvalue weighted by Crippen LogP contribution is 2.38. The fraction of sp³-hybridized carbons (Fsp3) is 0.111. The molecule has 0 bridgehead atoms. The normalized spacial score (nSPS) is 11.5. The van der Waals surface area contributed by atoms with Crippen LogP contribution in [0.5, 0.6) is 0 Å². The number of anilines is 1. The largest absolute Gasteiger partial charge is 0.418 e. The smallest absolute Gasteiger partial charge is 0.324 e. The second kappa shape index (κ2) is 8.24. The maximum atomic E-state index is 13.4. The lowest BCUT2D eigenvalue weighted by atomic mass is 10.1. The van der Waals surface area contributed by atoms with Crippen molar-refractivity contribution in [2.75, 3.05) is 11.1 Å². The van der Waals surface area contributed by atoms with E-state index in [2.05, 4.69) is 10.3 Å². The van der Waals surface area contributed by atoms with Crippen molar-refractivity contribution in [2.45, 2.75) is 11.3 Å². The highest BCUT2D eigenvalue weighted by atomic mass is 35.5. The molecule has 0 aliphatic rings. The average molecular weight is 430 g/mol. The van der Waals surface area contributed by atoms with Gasteiger partial charge in [-0.2, -0.15) is 13.2 Å². The van der Waals surface area contributed by atoms with Crippen LogP contribution in [0.3, 0.4) is 0 Å². The second-order valence-corrected chi connectivity index (χ2v) is 6.91. The molecule has 10 heteroatoms. The summed E-state index contributed by atoms with van der Waals surface area (Å²) in [4.78, 5) is 16.3. The Kier molecular flexibility index (Phi) is 5.95. The third kappa shape index (κ3) is 4.66. The van der Waals surface area contributed by atoms with Crippen molar-refractivity contribution in [3.8, 4) is 5.69 Å². The first-order valence-corrected chi connectivity index (χ1v) is 9.19. The van der Waals surface area contributed by atoms with E-state index >= 15 is 0 Å². The van der Waals surface area contributed by atoms with E-state index in [-0.39, 0.29) is 10.8 Å². The Bertz CT molecular complexity index is 1010. The number of nitrogens with one attached hydrogen (secondary N) is 1. The van der Waals surface area contributed by atoms with Crippen molar-refractivity contribution < 1.29 is 22.4 Å². The first-order chi connectivity index (χ1) is 13.3. The predicted octanol–water partition coefficient (Wildman–Crippen LogP) is 5.41. The lowest BCUT2D eigenvalue weighted by Gasteiger charge is -2.15. The lowest BCUT2D eigenvalue weighted by Crippen LogP contribution is -2.18. The molecule has 0 atom stereocenters. The Balaban J connectivity index is 1.73. The van der Waals surface area contributed by atoms with Gasteiger partial charge in [0.05, 0.1) is 27.7 Å². The van der Waals surface area contributed by atoms with Crippen molar-refractivity contribution >= 4 is 35.0 Å². The molecular formula is C18H12ClF4N3OS. The number of imidazole rings is 1. The average Bonchev–Trinajstić information content (AvgIpc) is 3.09. The summed E-state index contributed by atoms with van der Waals surface area (Å²) < 4.78 is 54.3. The summed E-state index contributed by atoms with van der Waals surface area (Å²) in [6.45, 7) is 0. The Labute approximate surface area is 166 Å². The number of thioether (sulfide) groups is 1. The molecule has 3 aromatic rings. The molecule has 0 saturated heterocycles. The van der Waals surface area contributed by atoms with E-state index < -0.39 is 29.2 Å². The van der Waals surface area contributed by atoms with Crippen LogP contribution in [0.2, 0.25) is 5.02 Å². The van der Waals surface area contributed by atoms with E-state index in [1.54, 1.807) is 16.8 Å². The van der Waals surface area contributed by atoms with Gasteiger partial charge in [0.15, 0.2) is 5.16 Å². The molecule has 0 fully saturated rings. The number of nitrogens with zero attached hydrogens (tertiary/aromatic N) is 2. The molecule has 4 nitrogen and oxygen atoms in total. The van der Waals surface area contributed by atoms with Gasteiger partial charge in [-0.15, -0.1) is 0 Å². The van der Waals surface area contributed by atoms with Crippen molar-refractivity contribution in [1.29, 1.82) is 0 Å². The summed E-state index contributed by atoms with van der Waals surface area (Å²) >= 11 is 6.82. The van der Waals surface area contributed by atoms with Crippen molar-refractivity contribution in [3.63, 3.8) is 0 Å². The molecular weight excluding hydrogens is 418 g/mol. The number of carbonyl (C=O) groups is 1. The van der Waals surface area contributed by atoms with Crippen LogP contribution in [0.25, 0.3) is 5.69 Å². The topological polar surface area (TPSA) is 46.9 Å². The molecule has 146 valence electrons. The van der Waals surface area contributed by atoms with Crippen LogP contribution in [-0.2, 0) is 11.0 Å². The van der Waals surface area contributed by atoms with Gasteiger partial charge in [0.1, 0.15) is 5.82 Å². The van der Waals surface area contributed by atoms with Gasteiger partial charge in [-0.3, -0.25) is 9.36 Å². The fourth-order valence-electron chi connectivity index (χ4n) is 2.41. The molecule has 1 N–H and O–H groups in total. The number of alkyl halides is 3. The summed E-state index contributed by atoms with van der Waals surface area (Å²) in [7, 11) is 0. The van der Waals surface area contributed by atoms with Crippen molar-refractivity contribution in [3.05, 3.63) is 71.3 Å². The molecule has 0 radical (unpaired) electrons. The van der Waals surface area contributed by atoms with E-state index in [0.29, 0.717) is 10.8 Å². The van der Waals surface area contributed by atoms with Gasteiger partial charge < -0.3 is 5.32 Å². The monoisotopic (exact) mass is 429 g/mol. The Morgan fingerprint density at radius 1 is 1.21 bits per heavy atom. The molecule has 2 aromatic carbocycles. The maximum Gasteiger partial charge on any atom is 0.418 e. The second-order valence-electron chi connectivity index (χ2n) is 5.56. The van der Waals surface area contributed by atoms with Crippen LogP contribution in [0.4, 0.5) is 23.2 Å². The van der Waals surface area contributed by atoms with E-state index in [9.17, 15) is 22.4 Å². The summed E-state index contributed by atoms with van der Waals surface area (Å²) in [5.41, 5.74) is -1.01. The van der Waals surface area contributed by atoms with Crippen LogP contribution in [0.1, 0.15) is 5.56 Å². The fourth-order valence-corrected chi connectivity index (χ4v) is 3.41. The van der Waals surface area contributed by atoms with Gasteiger partial charge in [0, 0.05) is 12.4 Å². The third-order valence-electron chi connectivity index (χ3n) is 3.61. The van der Waals surface area contributed by atoms with Gasteiger partial charge in [0.25, 0.3) is 0 Å². The minimum Gasteiger partial charge on any atom is -0.324 e. The molecule has 3 rings (SSSR count). The number of halogens is 5. The molecule has 1 aromatic heterocycles. The van der Waals surface area contributed by atoms with Gasteiger partial charge in [-0.1, -0.05) is 35.5 Å². The first kappa shape index (κ1) is 20.2. The number of para-hydroxylation sites is 1. The predicted molar refractivity (Wildman–Crippen MR) is 99.3 cm³/mol. The summed E-state index contributed by atoms with van der Waals surface area (Å²) in [6, 6.07) is 9.04. The standard InChI is InChI=1S/C18H12ClF4N3OS/c19-14-6-2-5-13(18(21,22)23)16(14)25-15(27)10-28-17-24-7-8-26(17)12-4-1-3-11(20)9-12/h1-9H,10H2,(H,25,27). The lowest BCUT2D eigenvalue weighted by molar-refractivity contribution is -0.137. The van der Waals surface area contributed by atoms with Gasteiger partial charge in [-0.25, -0.2) is 9.37 Å². The van der Waals surface area contributed by atoms with E-state index in [1.807, 2.05) is 0 Å². The number of amides is 1. The molecule has 28 heavy (non-hydrogen) atoms. The quantitative estimate of drug-likeness (QED) is 0.435. The number of benzene rings is 2. The summed E-state index contributed by atoms with van der Waals surface area (Å²) in [5, 5.41) is 2.38. The number of aromatic nitrogens is 2. The zero-order chi connectivity index (χ0) is 20.3. The number of carbonyl (C=O) groups excluding carboxylic acids is 1. The van der Waals surface area contributed by atoms with Gasteiger partial charge in [0.2, 0.25) is 5.91 Å². The molecule has 1 amide bonds. The SMILES string of the molecule is O=C(CSc1nccn1-c1cccc(F)c1)Nc1c(Cl)cccc1C(F)(F)F. The molecule has 1 heterocycles. The van der Waals surface area contributed by atoms with Crippen LogP contribution in [0, 0.1) is 5.82 Å². The Hall–Kier alpha value is -2.52. The van der Waals surface area contributed by atoms with Crippen molar-refractivity contribution in [1.82, 2.24) is 9.55 Å². The van der Waals surface area contributed by atoms with Gasteiger partial charge in [-0.05, 0) is 30.3 Å².